The largest absolute Gasteiger partial charge is 0.417 e. The molecule has 0 saturated heterocycles. The van der Waals surface area contributed by atoms with Gasteiger partial charge in [-0.25, -0.2) is 10.1 Å². The lowest BCUT2D eigenvalue weighted by Crippen LogP contribution is -2.20. The first kappa shape index (κ1) is 20.0. The fraction of sp³-hybridized carbons (Fsp3) is 0.250. The van der Waals surface area contributed by atoms with Crippen LogP contribution >= 0.6 is 0 Å². The number of hydrogen-bond acceptors (Lipinski definition) is 8. The Hall–Kier alpha value is -3.77. The Labute approximate surface area is 161 Å². The normalized spacial score (nSPS) is 11.9. The minimum absolute atomic E-state index is 0.0408. The minimum atomic E-state index is -4.55. The third-order valence-corrected chi connectivity index (χ3v) is 3.80. The fourth-order valence-electron chi connectivity index (χ4n) is 2.53. The number of aromatic nitrogens is 5. The molecule has 0 unspecified atom stereocenters. The highest BCUT2D eigenvalue weighted by Gasteiger charge is 2.32. The van der Waals surface area contributed by atoms with Gasteiger partial charge in [0.1, 0.15) is 0 Å². The van der Waals surface area contributed by atoms with Gasteiger partial charge in [-0.15, -0.1) is 5.10 Å². The van der Waals surface area contributed by atoms with E-state index < -0.39 is 17.6 Å². The van der Waals surface area contributed by atoms with Gasteiger partial charge in [0.05, 0.1) is 17.5 Å². The van der Waals surface area contributed by atoms with Gasteiger partial charge in [-0.1, -0.05) is 36.8 Å². The lowest BCUT2D eigenvalue weighted by Gasteiger charge is -2.09. The highest BCUT2D eigenvalue weighted by atomic mass is 19.4. The first-order valence-electron chi connectivity index (χ1n) is 8.35. The molecule has 0 fully saturated rings. The molecule has 0 aliphatic carbocycles. The molecular formula is C16H15F3N8O2. The Morgan fingerprint density at radius 3 is 2.76 bits per heavy atom. The van der Waals surface area contributed by atoms with Gasteiger partial charge in [-0.05, 0) is 22.8 Å². The molecule has 3 aromatic rings. The second kappa shape index (κ2) is 8.08. The predicted octanol–water partition coefficient (Wildman–Crippen LogP) is 1.97. The van der Waals surface area contributed by atoms with Crippen molar-refractivity contribution < 1.29 is 22.6 Å². The second-order valence-corrected chi connectivity index (χ2v) is 5.80. The third kappa shape index (κ3) is 4.23. The van der Waals surface area contributed by atoms with Gasteiger partial charge in [-0.2, -0.15) is 23.0 Å². The zero-order valence-corrected chi connectivity index (χ0v) is 15.0. The molecule has 0 aliphatic rings. The van der Waals surface area contributed by atoms with Crippen LogP contribution < -0.4 is 11.2 Å². The fourth-order valence-corrected chi connectivity index (χ4v) is 2.53. The van der Waals surface area contributed by atoms with Crippen molar-refractivity contribution in [2.45, 2.75) is 25.9 Å². The standard InChI is InChI=1S/C16H15F3N8O2/c1-2-5-11-12(22-26-27(11)14-13(20)24-29-25-14)15(28)23-21-8-9-6-3-4-7-10(9)16(17,18)19/h3-4,6-8H,2,5H2,1H3,(H2,20,24)(H,23,28)/b21-8+. The Morgan fingerprint density at radius 1 is 1.34 bits per heavy atom. The Morgan fingerprint density at radius 2 is 2.10 bits per heavy atom. The minimum Gasteiger partial charge on any atom is -0.378 e. The number of anilines is 1. The smallest absolute Gasteiger partial charge is 0.378 e. The van der Waals surface area contributed by atoms with Gasteiger partial charge < -0.3 is 5.73 Å². The maximum Gasteiger partial charge on any atom is 0.417 e. The van der Waals surface area contributed by atoms with E-state index in [0.29, 0.717) is 18.5 Å². The number of nitrogen functional groups attached to an aromatic ring is 1. The van der Waals surface area contributed by atoms with Crippen molar-refractivity contribution in [3.05, 3.63) is 46.8 Å². The third-order valence-electron chi connectivity index (χ3n) is 3.80. The highest BCUT2D eigenvalue weighted by molar-refractivity contribution is 5.94. The van der Waals surface area contributed by atoms with E-state index in [9.17, 15) is 18.0 Å². The molecule has 1 amide bonds. The summed E-state index contributed by atoms with van der Waals surface area (Å²) in [6.07, 6.45) is -2.61. The molecule has 1 aromatic carbocycles. The number of hydrazone groups is 1. The van der Waals surface area contributed by atoms with Gasteiger partial charge in [0.2, 0.25) is 11.6 Å². The summed E-state index contributed by atoms with van der Waals surface area (Å²) in [6.45, 7) is 1.87. The molecule has 2 aromatic heterocycles. The van der Waals surface area contributed by atoms with Crippen LogP contribution in [0, 0.1) is 0 Å². The molecule has 3 N–H and O–H groups in total. The molecule has 0 spiro atoms. The summed E-state index contributed by atoms with van der Waals surface area (Å²) >= 11 is 0. The van der Waals surface area contributed by atoms with E-state index in [4.69, 9.17) is 5.73 Å². The van der Waals surface area contributed by atoms with E-state index in [1.165, 1.54) is 22.9 Å². The Kier molecular flexibility index (Phi) is 5.57. The average molecular weight is 408 g/mol. The van der Waals surface area contributed by atoms with Crippen LogP contribution in [0.2, 0.25) is 0 Å². The number of carbonyl (C=O) groups excluding carboxylic acids is 1. The Bertz CT molecular complexity index is 1040. The zero-order chi connectivity index (χ0) is 21.0. The molecule has 0 radical (unpaired) electrons. The summed E-state index contributed by atoms with van der Waals surface area (Å²) in [7, 11) is 0. The number of nitrogens with zero attached hydrogens (tertiary/aromatic N) is 6. The van der Waals surface area contributed by atoms with Crippen molar-refractivity contribution >= 4 is 17.9 Å². The van der Waals surface area contributed by atoms with Gasteiger partial charge in [0.25, 0.3) is 5.91 Å². The van der Waals surface area contributed by atoms with Crippen molar-refractivity contribution in [2.75, 3.05) is 5.73 Å². The summed E-state index contributed by atoms with van der Waals surface area (Å²) in [5.74, 6) is -0.723. The van der Waals surface area contributed by atoms with Gasteiger partial charge in [-0.3, -0.25) is 4.79 Å². The summed E-state index contributed by atoms with van der Waals surface area (Å²) < 4.78 is 44.8. The molecule has 152 valence electrons. The van der Waals surface area contributed by atoms with Crippen LogP contribution in [0.15, 0.2) is 34.0 Å². The summed E-state index contributed by atoms with van der Waals surface area (Å²) in [4.78, 5) is 12.4. The molecule has 10 nitrogen and oxygen atoms in total. The number of halogens is 3. The lowest BCUT2D eigenvalue weighted by atomic mass is 10.1. The van der Waals surface area contributed by atoms with Crippen LogP contribution in [0.4, 0.5) is 19.0 Å². The average Bonchev–Trinajstić information content (AvgIpc) is 3.27. The van der Waals surface area contributed by atoms with Crippen molar-refractivity contribution in [3.63, 3.8) is 0 Å². The summed E-state index contributed by atoms with van der Waals surface area (Å²) in [5, 5.41) is 18.3. The second-order valence-electron chi connectivity index (χ2n) is 5.80. The molecular weight excluding hydrogens is 393 g/mol. The van der Waals surface area contributed by atoms with Crippen molar-refractivity contribution in [1.29, 1.82) is 0 Å². The maximum absolute atomic E-state index is 13.0. The van der Waals surface area contributed by atoms with E-state index in [2.05, 4.69) is 35.8 Å². The van der Waals surface area contributed by atoms with E-state index in [-0.39, 0.29) is 22.9 Å². The van der Waals surface area contributed by atoms with Gasteiger partial charge in [0.15, 0.2) is 5.69 Å². The number of carbonyl (C=O) groups is 1. The van der Waals surface area contributed by atoms with E-state index in [1.807, 2.05) is 6.92 Å². The zero-order valence-electron chi connectivity index (χ0n) is 15.0. The van der Waals surface area contributed by atoms with Crippen LogP contribution in [0.5, 0.6) is 0 Å². The monoisotopic (exact) mass is 408 g/mol. The van der Waals surface area contributed by atoms with Crippen molar-refractivity contribution in [3.8, 4) is 5.82 Å². The van der Waals surface area contributed by atoms with E-state index in [0.717, 1.165) is 12.3 Å². The Balaban J connectivity index is 1.83. The molecule has 0 atom stereocenters. The summed E-state index contributed by atoms with van der Waals surface area (Å²) in [6, 6.07) is 4.85. The van der Waals surface area contributed by atoms with Crippen molar-refractivity contribution in [1.82, 2.24) is 30.7 Å². The number of benzene rings is 1. The first-order chi connectivity index (χ1) is 13.8. The van der Waals surface area contributed by atoms with Crippen LogP contribution in [-0.4, -0.2) is 37.4 Å². The highest BCUT2D eigenvalue weighted by Crippen LogP contribution is 2.31. The van der Waals surface area contributed by atoms with Crippen molar-refractivity contribution in [2.24, 2.45) is 5.10 Å². The number of hydrogen-bond donors (Lipinski definition) is 2. The molecule has 3 rings (SSSR count). The van der Waals surface area contributed by atoms with Crippen LogP contribution in [0.25, 0.3) is 5.82 Å². The number of alkyl halides is 3. The quantitative estimate of drug-likeness (QED) is 0.470. The van der Waals surface area contributed by atoms with E-state index in [1.54, 1.807) is 0 Å². The molecule has 2 heterocycles. The predicted molar refractivity (Wildman–Crippen MR) is 94.1 cm³/mol. The number of nitrogens with two attached hydrogens (primary N) is 1. The maximum atomic E-state index is 13.0. The SMILES string of the molecule is CCCc1c(C(=O)N/N=C/c2ccccc2C(F)(F)F)nnn1-c1nonc1N. The first-order valence-corrected chi connectivity index (χ1v) is 8.35. The molecule has 29 heavy (non-hydrogen) atoms. The van der Waals surface area contributed by atoms with Crippen LogP contribution in [0.3, 0.4) is 0 Å². The molecule has 0 aliphatic heterocycles. The number of amides is 1. The lowest BCUT2D eigenvalue weighted by molar-refractivity contribution is -0.137. The topological polar surface area (TPSA) is 137 Å². The van der Waals surface area contributed by atoms with E-state index >= 15 is 0 Å². The van der Waals surface area contributed by atoms with Crippen LogP contribution in [0.1, 0.15) is 40.7 Å². The number of nitrogens with one attached hydrogen (secondary N) is 1. The molecule has 13 heteroatoms. The number of rotatable bonds is 6. The molecule has 0 bridgehead atoms. The van der Waals surface area contributed by atoms with Crippen LogP contribution in [-0.2, 0) is 12.6 Å². The summed E-state index contributed by atoms with van der Waals surface area (Å²) in [5.41, 5.74) is 7.03. The van der Waals surface area contributed by atoms with Gasteiger partial charge in [0, 0.05) is 5.56 Å². The molecule has 0 saturated carbocycles. The van der Waals surface area contributed by atoms with Gasteiger partial charge >= 0.3 is 6.18 Å².